The molecule has 1 saturated heterocycles. The van der Waals surface area contributed by atoms with Crippen LogP contribution in [0, 0.1) is 5.92 Å². The second-order valence-electron chi connectivity index (χ2n) is 7.17. The molecule has 1 aliphatic heterocycles. The molecule has 1 heterocycles. The van der Waals surface area contributed by atoms with Crippen LogP contribution in [0.5, 0.6) is 0 Å². The van der Waals surface area contributed by atoms with Crippen molar-refractivity contribution < 1.29 is 4.79 Å². The number of likely N-dealkylation sites (N-methyl/N-ethyl adjacent to an activating group) is 1. The van der Waals surface area contributed by atoms with Crippen LogP contribution in [0.4, 0.5) is 5.69 Å². The molecule has 2 aliphatic rings. The van der Waals surface area contributed by atoms with Gasteiger partial charge in [-0.05, 0) is 43.5 Å². The van der Waals surface area contributed by atoms with Crippen molar-refractivity contribution in [3.05, 3.63) is 29.8 Å². The number of carbonyl (C=O) groups is 1. The van der Waals surface area contributed by atoms with Crippen LogP contribution >= 0.6 is 37.2 Å². The number of anilines is 1. The summed E-state index contributed by atoms with van der Waals surface area (Å²) in [6.45, 7) is 8.95. The normalized spacial score (nSPS) is 22.9. The fourth-order valence-electron chi connectivity index (χ4n) is 3.71. The van der Waals surface area contributed by atoms with E-state index in [4.69, 9.17) is 5.73 Å². The van der Waals surface area contributed by atoms with Crippen LogP contribution in [0.25, 0.3) is 0 Å². The van der Waals surface area contributed by atoms with Gasteiger partial charge in [0, 0.05) is 50.4 Å². The molecule has 1 aliphatic carbocycles. The van der Waals surface area contributed by atoms with E-state index in [0.717, 1.165) is 64.2 Å². The summed E-state index contributed by atoms with van der Waals surface area (Å²) in [6, 6.07) is 8.48. The molecule has 27 heavy (non-hydrogen) atoms. The van der Waals surface area contributed by atoms with Gasteiger partial charge in [0.1, 0.15) is 0 Å². The van der Waals surface area contributed by atoms with Gasteiger partial charge in [0.25, 0.3) is 0 Å². The molecule has 0 aromatic heterocycles. The summed E-state index contributed by atoms with van der Waals surface area (Å²) in [6.07, 6.45) is 2.69. The molecule has 0 bridgehead atoms. The van der Waals surface area contributed by atoms with E-state index >= 15 is 0 Å². The number of rotatable bonds is 5. The highest BCUT2D eigenvalue weighted by Gasteiger charge is 2.27. The standard InChI is InChI=1S/C19H30N4O.3ClH/c1-2-22-9-11-23(12-10-22)14-15-3-7-18(8-4-15)21-19(24)16-5-6-17(20)13-16;;;/h3-4,7-8,16-17H,2,5-6,9-14,20H2,1H3,(H,21,24);3*1H. The van der Waals surface area contributed by atoms with Crippen molar-refractivity contribution in [1.82, 2.24) is 9.80 Å². The molecular formula is C19H33Cl3N4O. The molecule has 156 valence electrons. The SMILES string of the molecule is CCN1CCN(Cc2ccc(NC(=O)C3CCC(N)C3)cc2)CC1.Cl.Cl.Cl. The highest BCUT2D eigenvalue weighted by Crippen LogP contribution is 2.25. The van der Waals surface area contributed by atoms with E-state index in [0.29, 0.717) is 0 Å². The minimum atomic E-state index is 0. The van der Waals surface area contributed by atoms with Gasteiger partial charge in [-0.2, -0.15) is 0 Å². The maximum Gasteiger partial charge on any atom is 0.227 e. The molecule has 0 radical (unpaired) electrons. The van der Waals surface area contributed by atoms with Crippen molar-refractivity contribution in [1.29, 1.82) is 0 Å². The molecule has 0 spiro atoms. The lowest BCUT2D eigenvalue weighted by atomic mass is 10.1. The predicted molar refractivity (Wildman–Crippen MR) is 120 cm³/mol. The van der Waals surface area contributed by atoms with Crippen LogP contribution in [-0.4, -0.2) is 54.5 Å². The van der Waals surface area contributed by atoms with Crippen LogP contribution in [0.3, 0.4) is 0 Å². The fourth-order valence-corrected chi connectivity index (χ4v) is 3.71. The van der Waals surface area contributed by atoms with Gasteiger partial charge in [0.15, 0.2) is 0 Å². The van der Waals surface area contributed by atoms with Crippen LogP contribution in [0.1, 0.15) is 31.7 Å². The van der Waals surface area contributed by atoms with Crippen molar-refractivity contribution in [3.63, 3.8) is 0 Å². The first-order valence-electron chi connectivity index (χ1n) is 9.24. The highest BCUT2D eigenvalue weighted by atomic mass is 35.5. The van der Waals surface area contributed by atoms with Crippen LogP contribution < -0.4 is 11.1 Å². The number of nitrogens with zero attached hydrogens (tertiary/aromatic N) is 2. The second-order valence-corrected chi connectivity index (χ2v) is 7.17. The van der Waals surface area contributed by atoms with Gasteiger partial charge in [-0.25, -0.2) is 0 Å². The molecule has 1 amide bonds. The topological polar surface area (TPSA) is 61.6 Å². The highest BCUT2D eigenvalue weighted by molar-refractivity contribution is 5.92. The Hall–Kier alpha value is -0.560. The number of hydrogen-bond donors (Lipinski definition) is 2. The molecule has 1 saturated carbocycles. The average molecular weight is 440 g/mol. The minimum Gasteiger partial charge on any atom is -0.328 e. The predicted octanol–water partition coefficient (Wildman–Crippen LogP) is 3.16. The summed E-state index contributed by atoms with van der Waals surface area (Å²) >= 11 is 0. The lowest BCUT2D eigenvalue weighted by Gasteiger charge is -2.34. The third-order valence-corrected chi connectivity index (χ3v) is 5.38. The Labute approximate surface area is 181 Å². The van der Waals surface area contributed by atoms with E-state index < -0.39 is 0 Å². The summed E-state index contributed by atoms with van der Waals surface area (Å²) in [5.41, 5.74) is 8.09. The number of piperazine rings is 1. The van der Waals surface area contributed by atoms with Gasteiger partial charge >= 0.3 is 0 Å². The smallest absolute Gasteiger partial charge is 0.227 e. The van der Waals surface area contributed by atoms with Crippen molar-refractivity contribution in [2.75, 3.05) is 38.0 Å². The first-order valence-corrected chi connectivity index (χ1v) is 9.24. The van der Waals surface area contributed by atoms with E-state index in [-0.39, 0.29) is 55.1 Å². The molecular weight excluding hydrogens is 407 g/mol. The zero-order valence-electron chi connectivity index (χ0n) is 15.9. The number of carbonyl (C=O) groups excluding carboxylic acids is 1. The van der Waals surface area contributed by atoms with Gasteiger partial charge in [0.05, 0.1) is 0 Å². The molecule has 1 aromatic carbocycles. The van der Waals surface area contributed by atoms with Crippen molar-refractivity contribution in [3.8, 4) is 0 Å². The Morgan fingerprint density at radius 1 is 1.04 bits per heavy atom. The number of benzene rings is 1. The number of halogens is 3. The first kappa shape index (κ1) is 26.4. The lowest BCUT2D eigenvalue weighted by Crippen LogP contribution is -2.45. The van der Waals surface area contributed by atoms with Gasteiger partial charge in [-0.3, -0.25) is 9.69 Å². The lowest BCUT2D eigenvalue weighted by molar-refractivity contribution is -0.119. The first-order chi connectivity index (χ1) is 11.6. The van der Waals surface area contributed by atoms with Crippen molar-refractivity contribution in [2.24, 2.45) is 11.7 Å². The summed E-state index contributed by atoms with van der Waals surface area (Å²) < 4.78 is 0. The number of nitrogens with two attached hydrogens (primary N) is 1. The van der Waals surface area contributed by atoms with Gasteiger partial charge < -0.3 is 16.0 Å². The summed E-state index contributed by atoms with van der Waals surface area (Å²) in [5.74, 6) is 0.195. The maximum atomic E-state index is 12.2. The van der Waals surface area contributed by atoms with E-state index in [1.807, 2.05) is 12.1 Å². The molecule has 8 heteroatoms. The third kappa shape index (κ3) is 7.76. The number of hydrogen-bond acceptors (Lipinski definition) is 4. The molecule has 2 atom stereocenters. The molecule has 2 unspecified atom stereocenters. The average Bonchev–Trinajstić information content (AvgIpc) is 3.04. The van der Waals surface area contributed by atoms with E-state index in [2.05, 4.69) is 34.2 Å². The Bertz CT molecular complexity index is 550. The van der Waals surface area contributed by atoms with Gasteiger partial charge in [-0.15, -0.1) is 37.2 Å². The van der Waals surface area contributed by atoms with Crippen molar-refractivity contribution >= 4 is 48.8 Å². The minimum absolute atomic E-state index is 0. The van der Waals surface area contributed by atoms with E-state index in [9.17, 15) is 4.79 Å². The number of amides is 1. The molecule has 1 aromatic rings. The zero-order valence-corrected chi connectivity index (χ0v) is 18.4. The van der Waals surface area contributed by atoms with E-state index in [1.54, 1.807) is 0 Å². The summed E-state index contributed by atoms with van der Waals surface area (Å²) in [4.78, 5) is 17.2. The van der Waals surface area contributed by atoms with E-state index in [1.165, 1.54) is 5.56 Å². The van der Waals surface area contributed by atoms with Gasteiger partial charge in [-0.1, -0.05) is 19.1 Å². The zero-order chi connectivity index (χ0) is 16.9. The quantitative estimate of drug-likeness (QED) is 0.740. The van der Waals surface area contributed by atoms with Crippen LogP contribution in [-0.2, 0) is 11.3 Å². The molecule has 2 fully saturated rings. The molecule has 3 N–H and O–H groups in total. The summed E-state index contributed by atoms with van der Waals surface area (Å²) in [5, 5.41) is 3.03. The maximum absolute atomic E-state index is 12.2. The van der Waals surface area contributed by atoms with Crippen LogP contribution in [0.2, 0.25) is 0 Å². The second kappa shape index (κ2) is 12.8. The molecule has 5 nitrogen and oxygen atoms in total. The Kier molecular flexibility index (Phi) is 12.5. The Morgan fingerprint density at radius 3 is 2.15 bits per heavy atom. The fraction of sp³-hybridized carbons (Fsp3) is 0.632. The number of nitrogens with one attached hydrogen (secondary N) is 1. The Balaban J connectivity index is 0.00000225. The van der Waals surface area contributed by atoms with Crippen LogP contribution in [0.15, 0.2) is 24.3 Å². The molecule has 3 rings (SSSR count). The van der Waals surface area contributed by atoms with Crippen molar-refractivity contribution in [2.45, 2.75) is 38.8 Å². The Morgan fingerprint density at radius 2 is 1.63 bits per heavy atom. The van der Waals surface area contributed by atoms with Gasteiger partial charge in [0.2, 0.25) is 5.91 Å². The third-order valence-electron chi connectivity index (χ3n) is 5.38. The monoisotopic (exact) mass is 438 g/mol. The largest absolute Gasteiger partial charge is 0.328 e. The summed E-state index contributed by atoms with van der Waals surface area (Å²) in [7, 11) is 0.